The monoisotopic (exact) mass is 425 g/mol. The number of benzene rings is 3. The predicted molar refractivity (Wildman–Crippen MR) is 121 cm³/mol. The Morgan fingerprint density at radius 1 is 1.00 bits per heavy atom. The molecule has 6 heteroatoms. The Morgan fingerprint density at radius 2 is 1.75 bits per heavy atom. The summed E-state index contributed by atoms with van der Waals surface area (Å²) in [6, 6.07) is 25.5. The molecule has 0 saturated carbocycles. The number of nitrogens with zero attached hydrogens (tertiary/aromatic N) is 3. The average molecular weight is 425 g/mol. The molecule has 160 valence electrons. The van der Waals surface area contributed by atoms with E-state index in [1.807, 2.05) is 90.7 Å². The van der Waals surface area contributed by atoms with Gasteiger partial charge in [0, 0.05) is 24.2 Å². The van der Waals surface area contributed by atoms with E-state index >= 15 is 0 Å². The summed E-state index contributed by atoms with van der Waals surface area (Å²) in [5.41, 5.74) is 3.96. The maximum atomic E-state index is 12.6. The highest BCUT2D eigenvalue weighted by Gasteiger charge is 2.35. The normalized spacial score (nSPS) is 15.8. The minimum Gasteiger partial charge on any atom is -0.489 e. The summed E-state index contributed by atoms with van der Waals surface area (Å²) in [6.07, 6.45) is 0.363. The van der Waals surface area contributed by atoms with Crippen molar-refractivity contribution in [2.45, 2.75) is 25.9 Å². The lowest BCUT2D eigenvalue weighted by Gasteiger charge is -2.18. The number of hydrogen-bond donors (Lipinski definition) is 0. The van der Waals surface area contributed by atoms with E-state index in [9.17, 15) is 4.79 Å². The topological polar surface area (TPSA) is 68.5 Å². The van der Waals surface area contributed by atoms with Crippen molar-refractivity contribution in [2.75, 3.05) is 11.4 Å². The summed E-state index contributed by atoms with van der Waals surface area (Å²) in [4.78, 5) is 19.0. The molecule has 6 nitrogen and oxygen atoms in total. The highest BCUT2D eigenvalue weighted by atomic mass is 16.5. The fourth-order valence-electron chi connectivity index (χ4n) is 3.93. The number of aryl methyl sites for hydroxylation is 1. The first-order valence-corrected chi connectivity index (χ1v) is 10.6. The second-order valence-corrected chi connectivity index (χ2v) is 7.95. The van der Waals surface area contributed by atoms with Crippen LogP contribution in [0.3, 0.4) is 0 Å². The van der Waals surface area contributed by atoms with Gasteiger partial charge in [0.1, 0.15) is 12.4 Å². The van der Waals surface area contributed by atoms with E-state index in [1.165, 1.54) is 0 Å². The van der Waals surface area contributed by atoms with Crippen molar-refractivity contribution in [1.82, 2.24) is 10.1 Å². The van der Waals surface area contributed by atoms with Crippen molar-refractivity contribution < 1.29 is 14.1 Å². The van der Waals surface area contributed by atoms with Gasteiger partial charge in [-0.15, -0.1) is 0 Å². The van der Waals surface area contributed by atoms with Crippen LogP contribution in [-0.4, -0.2) is 22.6 Å². The first-order valence-electron chi connectivity index (χ1n) is 10.6. The summed E-state index contributed by atoms with van der Waals surface area (Å²) in [5.74, 6) is 1.74. The zero-order valence-corrected chi connectivity index (χ0v) is 17.8. The molecule has 3 aromatic carbocycles. The van der Waals surface area contributed by atoms with Crippen LogP contribution >= 0.6 is 0 Å². The fourth-order valence-corrected chi connectivity index (χ4v) is 3.93. The molecule has 32 heavy (non-hydrogen) atoms. The molecule has 1 aromatic heterocycles. The standard InChI is InChI=1S/C26H23N3O3/c1-18-7-5-6-10-23(18)29-16-21(15-24(29)30)26-27-25(28-32-26)20-11-13-22(14-12-20)31-17-19-8-3-2-4-9-19/h2-14,21H,15-17H2,1H3. The number of amides is 1. The van der Waals surface area contributed by atoms with Gasteiger partial charge in [0.05, 0.1) is 5.92 Å². The number of rotatable bonds is 6. The summed E-state index contributed by atoms with van der Waals surface area (Å²) in [7, 11) is 0. The molecule has 1 amide bonds. The van der Waals surface area contributed by atoms with Crippen LogP contribution in [0.25, 0.3) is 11.4 Å². The minimum atomic E-state index is -0.114. The number of hydrogen-bond acceptors (Lipinski definition) is 5. The lowest BCUT2D eigenvalue weighted by atomic mass is 10.1. The van der Waals surface area contributed by atoms with Crippen LogP contribution in [0, 0.1) is 6.92 Å². The van der Waals surface area contributed by atoms with E-state index in [1.54, 1.807) is 0 Å². The molecule has 2 heterocycles. The molecule has 0 N–H and O–H groups in total. The SMILES string of the molecule is Cc1ccccc1N1CC(c2nc(-c3ccc(OCc4ccccc4)cc3)no2)CC1=O. The van der Waals surface area contributed by atoms with Gasteiger partial charge in [-0.25, -0.2) is 0 Å². The van der Waals surface area contributed by atoms with Crippen LogP contribution in [0.1, 0.15) is 29.4 Å². The molecule has 0 radical (unpaired) electrons. The molecule has 5 rings (SSSR count). The van der Waals surface area contributed by atoms with E-state index in [2.05, 4.69) is 10.1 Å². The number of carbonyl (C=O) groups excluding carboxylic acids is 1. The maximum Gasteiger partial charge on any atom is 0.232 e. The van der Waals surface area contributed by atoms with Crippen molar-refractivity contribution in [3.63, 3.8) is 0 Å². The summed E-state index contributed by atoms with van der Waals surface area (Å²) < 4.78 is 11.4. The van der Waals surface area contributed by atoms with Crippen molar-refractivity contribution in [1.29, 1.82) is 0 Å². The van der Waals surface area contributed by atoms with Crippen molar-refractivity contribution >= 4 is 11.6 Å². The highest BCUT2D eigenvalue weighted by Crippen LogP contribution is 2.33. The quantitative estimate of drug-likeness (QED) is 0.428. The Bertz CT molecular complexity index is 1220. The van der Waals surface area contributed by atoms with E-state index in [4.69, 9.17) is 9.26 Å². The maximum absolute atomic E-state index is 12.6. The highest BCUT2D eigenvalue weighted by molar-refractivity contribution is 5.97. The molecule has 1 fully saturated rings. The third-order valence-corrected chi connectivity index (χ3v) is 5.68. The molecule has 0 bridgehead atoms. The fraction of sp³-hybridized carbons (Fsp3) is 0.192. The second-order valence-electron chi connectivity index (χ2n) is 7.95. The molecule has 1 saturated heterocycles. The lowest BCUT2D eigenvalue weighted by molar-refractivity contribution is -0.117. The van der Waals surface area contributed by atoms with Gasteiger partial charge in [0.15, 0.2) is 0 Å². The zero-order chi connectivity index (χ0) is 21.9. The van der Waals surface area contributed by atoms with E-state index in [-0.39, 0.29) is 11.8 Å². The Kier molecular flexibility index (Phi) is 5.42. The third-order valence-electron chi connectivity index (χ3n) is 5.68. The number of aromatic nitrogens is 2. The van der Waals surface area contributed by atoms with Crippen LogP contribution in [0.4, 0.5) is 5.69 Å². The molecule has 0 aliphatic carbocycles. The predicted octanol–water partition coefficient (Wildman–Crippen LogP) is 5.14. The average Bonchev–Trinajstić information content (AvgIpc) is 3.46. The number of carbonyl (C=O) groups is 1. The van der Waals surface area contributed by atoms with Crippen LogP contribution in [-0.2, 0) is 11.4 Å². The Balaban J connectivity index is 1.26. The molecule has 4 aromatic rings. The van der Waals surface area contributed by atoms with Crippen molar-refractivity contribution in [3.8, 4) is 17.1 Å². The van der Waals surface area contributed by atoms with Crippen LogP contribution in [0.2, 0.25) is 0 Å². The van der Waals surface area contributed by atoms with E-state index < -0.39 is 0 Å². The molecular formula is C26H23N3O3. The van der Waals surface area contributed by atoms with Crippen molar-refractivity contribution in [2.24, 2.45) is 0 Å². The second kappa shape index (κ2) is 8.67. The Morgan fingerprint density at radius 3 is 2.53 bits per heavy atom. The number of para-hydroxylation sites is 1. The lowest BCUT2D eigenvalue weighted by Crippen LogP contribution is -2.25. The molecule has 1 atom stereocenters. The van der Waals surface area contributed by atoms with Crippen molar-refractivity contribution in [3.05, 3.63) is 95.9 Å². The molecule has 1 aliphatic rings. The number of ether oxygens (including phenoxy) is 1. The van der Waals surface area contributed by atoms with Gasteiger partial charge in [-0.2, -0.15) is 4.98 Å². The summed E-state index contributed by atoms with van der Waals surface area (Å²) >= 11 is 0. The van der Waals surface area contributed by atoms with E-state index in [0.717, 1.165) is 28.1 Å². The van der Waals surface area contributed by atoms with Crippen LogP contribution in [0.5, 0.6) is 5.75 Å². The van der Waals surface area contributed by atoms with Gasteiger partial charge < -0.3 is 14.2 Å². The van der Waals surface area contributed by atoms with Crippen LogP contribution < -0.4 is 9.64 Å². The molecule has 0 spiro atoms. The zero-order valence-electron chi connectivity index (χ0n) is 17.8. The van der Waals surface area contributed by atoms with Gasteiger partial charge >= 0.3 is 0 Å². The largest absolute Gasteiger partial charge is 0.489 e. The van der Waals surface area contributed by atoms with Gasteiger partial charge in [0.2, 0.25) is 17.6 Å². The smallest absolute Gasteiger partial charge is 0.232 e. The van der Waals surface area contributed by atoms with Crippen LogP contribution in [0.15, 0.2) is 83.4 Å². The Labute approximate surface area is 186 Å². The van der Waals surface area contributed by atoms with Gasteiger partial charge in [0.25, 0.3) is 0 Å². The first kappa shape index (κ1) is 20.0. The molecular weight excluding hydrogens is 402 g/mol. The van der Waals surface area contributed by atoms with Gasteiger partial charge in [-0.1, -0.05) is 53.7 Å². The molecule has 1 aliphatic heterocycles. The summed E-state index contributed by atoms with van der Waals surface area (Å²) in [5, 5.41) is 4.14. The minimum absolute atomic E-state index is 0.0731. The Hall–Kier alpha value is -3.93. The first-order chi connectivity index (χ1) is 15.7. The third kappa shape index (κ3) is 4.12. The number of anilines is 1. The van der Waals surface area contributed by atoms with Gasteiger partial charge in [-0.05, 0) is 48.4 Å². The molecule has 1 unspecified atom stereocenters. The van der Waals surface area contributed by atoms with Gasteiger partial charge in [-0.3, -0.25) is 4.79 Å². The van der Waals surface area contributed by atoms with E-state index in [0.29, 0.717) is 31.3 Å². The summed E-state index contributed by atoms with van der Waals surface area (Å²) in [6.45, 7) is 3.06.